The van der Waals surface area contributed by atoms with Gasteiger partial charge in [0.2, 0.25) is 0 Å². The highest BCUT2D eigenvalue weighted by Crippen LogP contribution is 2.15. The van der Waals surface area contributed by atoms with E-state index in [1.165, 1.54) is 167 Å². The third-order valence-corrected chi connectivity index (χ3v) is 7.59. The zero-order valence-electron chi connectivity index (χ0n) is 25.0. The van der Waals surface area contributed by atoms with Crippen LogP contribution in [0.25, 0.3) is 0 Å². The van der Waals surface area contributed by atoms with Crippen LogP contribution in [0.15, 0.2) is 0 Å². The van der Waals surface area contributed by atoms with Gasteiger partial charge in [0.05, 0.1) is 0 Å². The molecule has 0 amide bonds. The largest absolute Gasteiger partial charge is 0.303 e. The SMILES string of the molecule is CCCCCCCN(CCCCCCCCCCC(C)C)CCCCCCCCCCC(C)C. The van der Waals surface area contributed by atoms with Crippen LogP contribution >= 0.6 is 0 Å². The smallest absolute Gasteiger partial charge is 0.00187 e. The first-order chi connectivity index (χ1) is 16.6. The first kappa shape index (κ1) is 34.0. The second kappa shape index (κ2) is 27.5. The van der Waals surface area contributed by atoms with Gasteiger partial charge < -0.3 is 4.90 Å². The molecule has 206 valence electrons. The molecule has 0 bridgehead atoms. The second-order valence-electron chi connectivity index (χ2n) is 12.3. The highest BCUT2D eigenvalue weighted by atomic mass is 15.1. The van der Waals surface area contributed by atoms with Crippen molar-refractivity contribution in [2.75, 3.05) is 19.6 Å². The summed E-state index contributed by atoms with van der Waals surface area (Å²) in [7, 11) is 0. The fourth-order valence-electron chi connectivity index (χ4n) is 5.17. The van der Waals surface area contributed by atoms with Gasteiger partial charge in [-0.3, -0.25) is 0 Å². The predicted octanol–water partition coefficient (Wildman–Crippen LogP) is 11.6. The van der Waals surface area contributed by atoms with Crippen LogP contribution in [0.5, 0.6) is 0 Å². The van der Waals surface area contributed by atoms with Crippen molar-refractivity contribution < 1.29 is 0 Å². The molecule has 1 nitrogen and oxygen atoms in total. The van der Waals surface area contributed by atoms with E-state index >= 15 is 0 Å². The third kappa shape index (κ3) is 28.2. The Hall–Kier alpha value is -0.0400. The molecule has 0 saturated carbocycles. The van der Waals surface area contributed by atoms with Crippen molar-refractivity contribution in [2.45, 2.75) is 182 Å². The van der Waals surface area contributed by atoms with Gasteiger partial charge in [0.25, 0.3) is 0 Å². The summed E-state index contributed by atoms with van der Waals surface area (Å²) >= 11 is 0. The molecule has 0 unspecified atom stereocenters. The summed E-state index contributed by atoms with van der Waals surface area (Å²) in [5.74, 6) is 1.78. The Bertz CT molecular complexity index is 334. The lowest BCUT2D eigenvalue weighted by molar-refractivity contribution is 0.254. The predicted molar refractivity (Wildman–Crippen MR) is 158 cm³/mol. The Morgan fingerprint density at radius 1 is 0.353 bits per heavy atom. The zero-order chi connectivity index (χ0) is 25.1. The van der Waals surface area contributed by atoms with Crippen LogP contribution in [0.4, 0.5) is 0 Å². The second-order valence-corrected chi connectivity index (χ2v) is 12.3. The van der Waals surface area contributed by atoms with Crippen LogP contribution in [0.1, 0.15) is 182 Å². The third-order valence-electron chi connectivity index (χ3n) is 7.59. The van der Waals surface area contributed by atoms with Gasteiger partial charge in [-0.05, 0) is 50.7 Å². The summed E-state index contributed by atoms with van der Waals surface area (Å²) in [6.45, 7) is 15.8. The van der Waals surface area contributed by atoms with Crippen LogP contribution in [0, 0.1) is 11.8 Å². The Balaban J connectivity index is 3.77. The Labute approximate surface area is 218 Å². The molecule has 34 heavy (non-hydrogen) atoms. The molecule has 0 aliphatic carbocycles. The summed E-state index contributed by atoms with van der Waals surface area (Å²) < 4.78 is 0. The van der Waals surface area contributed by atoms with Crippen LogP contribution in [-0.4, -0.2) is 24.5 Å². The van der Waals surface area contributed by atoms with Crippen molar-refractivity contribution in [2.24, 2.45) is 11.8 Å². The van der Waals surface area contributed by atoms with Gasteiger partial charge in [-0.25, -0.2) is 0 Å². The number of rotatable bonds is 28. The molecule has 0 atom stereocenters. The van der Waals surface area contributed by atoms with Crippen molar-refractivity contribution in [3.8, 4) is 0 Å². The van der Waals surface area contributed by atoms with E-state index in [1.807, 2.05) is 0 Å². The minimum absolute atomic E-state index is 0.888. The molecule has 0 fully saturated rings. The summed E-state index contributed by atoms with van der Waals surface area (Å²) in [6.07, 6.45) is 33.3. The fraction of sp³-hybridized carbons (Fsp3) is 1.00. The maximum absolute atomic E-state index is 2.82. The van der Waals surface area contributed by atoms with Crippen molar-refractivity contribution in [1.29, 1.82) is 0 Å². The van der Waals surface area contributed by atoms with Crippen LogP contribution in [0.3, 0.4) is 0 Å². The van der Waals surface area contributed by atoms with Gasteiger partial charge >= 0.3 is 0 Å². The van der Waals surface area contributed by atoms with E-state index in [9.17, 15) is 0 Å². The Morgan fingerprint density at radius 3 is 0.912 bits per heavy atom. The molecule has 0 saturated heterocycles. The van der Waals surface area contributed by atoms with E-state index in [-0.39, 0.29) is 0 Å². The number of hydrogen-bond donors (Lipinski definition) is 0. The van der Waals surface area contributed by atoms with Gasteiger partial charge in [0, 0.05) is 0 Å². The molecular weight excluding hydrogens is 410 g/mol. The molecule has 0 radical (unpaired) electrons. The molecule has 0 aromatic heterocycles. The van der Waals surface area contributed by atoms with E-state index in [0.29, 0.717) is 0 Å². The maximum Gasteiger partial charge on any atom is -0.00187 e. The average molecular weight is 480 g/mol. The van der Waals surface area contributed by atoms with Crippen molar-refractivity contribution in [3.63, 3.8) is 0 Å². The van der Waals surface area contributed by atoms with Crippen LogP contribution in [0.2, 0.25) is 0 Å². The molecule has 1 heteroatoms. The van der Waals surface area contributed by atoms with E-state index < -0.39 is 0 Å². The summed E-state index contributed by atoms with van der Waals surface area (Å²) in [5.41, 5.74) is 0. The normalized spacial score (nSPS) is 12.0. The highest BCUT2D eigenvalue weighted by molar-refractivity contribution is 4.61. The maximum atomic E-state index is 2.82. The lowest BCUT2D eigenvalue weighted by Crippen LogP contribution is -2.27. The molecule has 0 rings (SSSR count). The van der Waals surface area contributed by atoms with Crippen LogP contribution in [-0.2, 0) is 0 Å². The monoisotopic (exact) mass is 480 g/mol. The molecule has 0 heterocycles. The van der Waals surface area contributed by atoms with Gasteiger partial charge in [-0.1, -0.05) is 163 Å². The summed E-state index contributed by atoms with van der Waals surface area (Å²) in [5, 5.41) is 0. The van der Waals surface area contributed by atoms with Gasteiger partial charge in [0.15, 0.2) is 0 Å². The summed E-state index contributed by atoms with van der Waals surface area (Å²) in [4.78, 5) is 2.82. The molecule has 0 aliphatic heterocycles. The molecule has 0 spiro atoms. The fourth-order valence-corrected chi connectivity index (χ4v) is 5.17. The highest BCUT2D eigenvalue weighted by Gasteiger charge is 2.05. The molecule has 0 aliphatic rings. The lowest BCUT2D eigenvalue weighted by Gasteiger charge is -2.22. The van der Waals surface area contributed by atoms with Crippen molar-refractivity contribution >= 4 is 0 Å². The number of nitrogens with zero attached hydrogens (tertiary/aromatic N) is 1. The minimum atomic E-state index is 0.888. The standard InChI is InChI=1S/C33H69N/c1-6-7-8-19-24-29-34(30-25-20-15-11-9-13-17-22-27-32(2)3)31-26-21-16-12-10-14-18-23-28-33(4)5/h32-33H,6-31H2,1-5H3. The Morgan fingerprint density at radius 2 is 0.618 bits per heavy atom. The van der Waals surface area contributed by atoms with Crippen molar-refractivity contribution in [1.82, 2.24) is 4.90 Å². The van der Waals surface area contributed by atoms with Crippen molar-refractivity contribution in [3.05, 3.63) is 0 Å². The molecule has 0 aromatic carbocycles. The quantitative estimate of drug-likeness (QED) is 0.101. The minimum Gasteiger partial charge on any atom is -0.303 e. The number of hydrogen-bond acceptors (Lipinski definition) is 1. The average Bonchev–Trinajstić information content (AvgIpc) is 2.80. The van der Waals surface area contributed by atoms with Gasteiger partial charge in [-0.15, -0.1) is 0 Å². The Kier molecular flexibility index (Phi) is 27.5. The molecule has 0 aromatic rings. The van der Waals surface area contributed by atoms with E-state index in [0.717, 1.165) is 11.8 Å². The van der Waals surface area contributed by atoms with E-state index in [1.54, 1.807) is 0 Å². The first-order valence-electron chi connectivity index (χ1n) is 16.3. The van der Waals surface area contributed by atoms with E-state index in [2.05, 4.69) is 39.5 Å². The molecule has 0 N–H and O–H groups in total. The van der Waals surface area contributed by atoms with Crippen LogP contribution < -0.4 is 0 Å². The zero-order valence-corrected chi connectivity index (χ0v) is 25.0. The lowest BCUT2D eigenvalue weighted by atomic mass is 10.0. The van der Waals surface area contributed by atoms with E-state index in [4.69, 9.17) is 0 Å². The van der Waals surface area contributed by atoms with Gasteiger partial charge in [0.1, 0.15) is 0 Å². The first-order valence-corrected chi connectivity index (χ1v) is 16.3. The van der Waals surface area contributed by atoms with Gasteiger partial charge in [-0.2, -0.15) is 0 Å². The topological polar surface area (TPSA) is 3.24 Å². The molecular formula is C33H69N. The number of unbranched alkanes of at least 4 members (excludes halogenated alkanes) is 18. The summed E-state index contributed by atoms with van der Waals surface area (Å²) in [6, 6.07) is 0.